The van der Waals surface area contributed by atoms with Crippen molar-refractivity contribution in [1.82, 2.24) is 0 Å². The molecule has 0 aromatic heterocycles. The Morgan fingerprint density at radius 3 is 2.10 bits per heavy atom. The Labute approximate surface area is 143 Å². The largest absolute Gasteiger partial charge is 0.862 e. The van der Waals surface area contributed by atoms with Crippen molar-refractivity contribution in [2.75, 3.05) is 34.2 Å². The zero-order chi connectivity index (χ0) is 14.9. The molecule has 0 radical (unpaired) electrons. The predicted molar refractivity (Wildman–Crippen MR) is 97.8 cm³/mol. The van der Waals surface area contributed by atoms with Gasteiger partial charge in [-0.2, -0.15) is 0 Å². The average molecular weight is 398 g/mol. The fraction of sp³-hybridized carbons (Fsp3) is 0.938. The molecule has 0 heterocycles. The number of quaternary nitrogens is 1. The van der Waals surface area contributed by atoms with E-state index in [9.17, 15) is 5.11 Å². The third-order valence-corrected chi connectivity index (χ3v) is 3.08. The van der Waals surface area contributed by atoms with Crippen LogP contribution in [0.3, 0.4) is 0 Å². The Hall–Kier alpha value is 0.160. The van der Waals surface area contributed by atoms with Crippen LogP contribution in [0.5, 0.6) is 0 Å². The van der Waals surface area contributed by atoms with Gasteiger partial charge in [-0.25, -0.2) is 0 Å². The van der Waals surface area contributed by atoms with Gasteiger partial charge in [-0.3, -0.25) is 0 Å². The molecule has 0 N–H and O–H groups in total. The molecular formula is C16H35IN2O. The minimum atomic E-state index is 0. The van der Waals surface area contributed by atoms with E-state index in [-0.39, 0.29) is 35.3 Å². The molecule has 0 spiro atoms. The fourth-order valence-electron chi connectivity index (χ4n) is 2.60. The first-order valence-electron chi connectivity index (χ1n) is 7.67. The van der Waals surface area contributed by atoms with Crippen LogP contribution in [0.1, 0.15) is 59.3 Å². The lowest BCUT2D eigenvalue weighted by Crippen LogP contribution is -2.44. The van der Waals surface area contributed by atoms with Crippen LogP contribution in [-0.4, -0.2) is 44.6 Å². The molecule has 0 saturated heterocycles. The molecule has 0 unspecified atom stereocenters. The summed E-state index contributed by atoms with van der Waals surface area (Å²) in [7, 11) is 6.53. The highest BCUT2D eigenvalue weighted by atomic mass is 127. The summed E-state index contributed by atoms with van der Waals surface area (Å²) in [5.74, 6) is 0.0889. The van der Waals surface area contributed by atoms with Crippen molar-refractivity contribution in [2.24, 2.45) is 10.4 Å². The highest BCUT2D eigenvalue weighted by Gasteiger charge is 2.25. The van der Waals surface area contributed by atoms with Crippen LogP contribution < -0.4 is 5.11 Å². The molecule has 0 aromatic rings. The Balaban J connectivity index is 0. The average Bonchev–Trinajstić information content (AvgIpc) is 2.23. The third-order valence-electron chi connectivity index (χ3n) is 3.08. The summed E-state index contributed by atoms with van der Waals surface area (Å²) in [6.07, 6.45) is 6.57. The molecule has 0 aromatic carbocycles. The number of hydrogen-bond donors (Lipinski definition) is 0. The molecular weight excluding hydrogens is 363 g/mol. The third kappa shape index (κ3) is 14.6. The lowest BCUT2D eigenvalue weighted by Gasteiger charge is -2.33. The monoisotopic (exact) mass is 398 g/mol. The predicted octanol–water partition coefficient (Wildman–Crippen LogP) is 3.46. The maximum absolute atomic E-state index is 11.7. The highest BCUT2D eigenvalue weighted by molar-refractivity contribution is 14.0. The molecule has 122 valence electrons. The van der Waals surface area contributed by atoms with Crippen LogP contribution in [0.2, 0.25) is 0 Å². The SMILES string of the molecule is CCCCCCCC([O-])=NCC(C)(C)C[N+](C)(C)C.I. The van der Waals surface area contributed by atoms with Gasteiger partial charge >= 0.3 is 0 Å². The molecule has 20 heavy (non-hydrogen) atoms. The lowest BCUT2D eigenvalue weighted by molar-refractivity contribution is -0.876. The van der Waals surface area contributed by atoms with Crippen LogP contribution in [0.4, 0.5) is 0 Å². The molecule has 0 atom stereocenters. The van der Waals surface area contributed by atoms with Gasteiger partial charge in [0.15, 0.2) is 0 Å². The maximum Gasteiger partial charge on any atom is 0.0850 e. The van der Waals surface area contributed by atoms with Crippen molar-refractivity contribution >= 4 is 29.9 Å². The van der Waals surface area contributed by atoms with Crippen molar-refractivity contribution in [3.8, 4) is 0 Å². The van der Waals surface area contributed by atoms with E-state index < -0.39 is 0 Å². The highest BCUT2D eigenvalue weighted by Crippen LogP contribution is 2.19. The Kier molecular flexibility index (Phi) is 12.1. The summed E-state index contributed by atoms with van der Waals surface area (Å²) in [5, 5.41) is 11.7. The quantitative estimate of drug-likeness (QED) is 0.183. The smallest absolute Gasteiger partial charge is 0.0850 e. The number of unbranched alkanes of at least 4 members (excludes halogenated alkanes) is 4. The van der Waals surface area contributed by atoms with Crippen LogP contribution in [0.25, 0.3) is 0 Å². The van der Waals surface area contributed by atoms with Crippen molar-refractivity contribution in [2.45, 2.75) is 59.3 Å². The van der Waals surface area contributed by atoms with E-state index in [0.717, 1.165) is 23.9 Å². The normalized spacial score (nSPS) is 13.2. The standard InChI is InChI=1S/C16H34N2O.HI/c1-7-8-9-10-11-12-15(19)17-13-16(2,3)14-18(4,5)6;/h7-14H2,1-6H3;1H. The van der Waals surface area contributed by atoms with Gasteiger partial charge in [0.05, 0.1) is 27.7 Å². The molecule has 4 heteroatoms. The van der Waals surface area contributed by atoms with Gasteiger partial charge in [0.25, 0.3) is 0 Å². The first-order chi connectivity index (χ1) is 8.66. The van der Waals surface area contributed by atoms with Crippen LogP contribution in [-0.2, 0) is 0 Å². The van der Waals surface area contributed by atoms with Crippen LogP contribution in [0.15, 0.2) is 4.99 Å². The summed E-state index contributed by atoms with van der Waals surface area (Å²) in [6, 6.07) is 0. The van der Waals surface area contributed by atoms with Crippen molar-refractivity contribution in [3.63, 3.8) is 0 Å². The van der Waals surface area contributed by atoms with Gasteiger partial charge < -0.3 is 14.6 Å². The Morgan fingerprint density at radius 2 is 1.60 bits per heavy atom. The summed E-state index contributed by atoms with van der Waals surface area (Å²) >= 11 is 0. The first kappa shape index (κ1) is 22.4. The number of rotatable bonds is 10. The summed E-state index contributed by atoms with van der Waals surface area (Å²) in [6.45, 7) is 8.26. The molecule has 0 bridgehead atoms. The second-order valence-electron chi connectivity index (χ2n) is 7.49. The summed E-state index contributed by atoms with van der Waals surface area (Å²) in [5.41, 5.74) is 0.0934. The van der Waals surface area contributed by atoms with E-state index >= 15 is 0 Å². The molecule has 0 aliphatic rings. The van der Waals surface area contributed by atoms with Crippen molar-refractivity contribution in [1.29, 1.82) is 0 Å². The minimum absolute atomic E-state index is 0. The van der Waals surface area contributed by atoms with Crippen LogP contribution >= 0.6 is 24.0 Å². The Bertz CT molecular complexity index is 270. The van der Waals surface area contributed by atoms with Gasteiger partial charge in [-0.05, 0) is 18.7 Å². The summed E-state index contributed by atoms with van der Waals surface area (Å²) in [4.78, 5) is 4.25. The second kappa shape index (κ2) is 10.8. The van der Waals surface area contributed by atoms with Gasteiger partial charge in [0.2, 0.25) is 0 Å². The topological polar surface area (TPSA) is 35.4 Å². The van der Waals surface area contributed by atoms with E-state index in [2.05, 4.69) is 46.9 Å². The molecule has 0 rings (SSSR count). The van der Waals surface area contributed by atoms with Crippen LogP contribution in [0, 0.1) is 5.41 Å². The second-order valence-corrected chi connectivity index (χ2v) is 7.49. The zero-order valence-corrected chi connectivity index (χ0v) is 16.7. The van der Waals surface area contributed by atoms with Gasteiger partial charge in [-0.15, -0.1) is 24.0 Å². The van der Waals surface area contributed by atoms with Gasteiger partial charge in [0, 0.05) is 12.0 Å². The number of halogens is 1. The van der Waals surface area contributed by atoms with Crippen molar-refractivity contribution < 1.29 is 9.59 Å². The maximum atomic E-state index is 11.7. The lowest BCUT2D eigenvalue weighted by atomic mass is 9.92. The molecule has 0 aliphatic heterocycles. The first-order valence-corrected chi connectivity index (χ1v) is 7.67. The van der Waals surface area contributed by atoms with E-state index in [4.69, 9.17) is 0 Å². The van der Waals surface area contributed by atoms with Gasteiger partial charge in [0.1, 0.15) is 0 Å². The number of aliphatic imine (C=N–C) groups is 1. The number of nitrogens with zero attached hydrogens (tertiary/aromatic N) is 2. The molecule has 0 saturated carbocycles. The molecule has 0 fully saturated rings. The fourth-order valence-corrected chi connectivity index (χ4v) is 2.60. The molecule has 0 aliphatic carbocycles. The van der Waals surface area contributed by atoms with E-state index in [1.54, 1.807) is 0 Å². The van der Waals surface area contributed by atoms with E-state index in [1.807, 2.05) is 0 Å². The van der Waals surface area contributed by atoms with Crippen molar-refractivity contribution in [3.05, 3.63) is 0 Å². The summed E-state index contributed by atoms with van der Waals surface area (Å²) < 4.78 is 0.910. The van der Waals surface area contributed by atoms with E-state index in [0.29, 0.717) is 13.0 Å². The zero-order valence-electron chi connectivity index (χ0n) is 14.4. The Morgan fingerprint density at radius 1 is 1.05 bits per heavy atom. The van der Waals surface area contributed by atoms with E-state index in [1.165, 1.54) is 19.3 Å². The molecule has 0 amide bonds. The van der Waals surface area contributed by atoms with Gasteiger partial charge in [-0.1, -0.05) is 46.5 Å². The number of hydrogen-bond acceptors (Lipinski definition) is 2. The minimum Gasteiger partial charge on any atom is -0.862 e. The molecule has 3 nitrogen and oxygen atoms in total.